The zero-order valence-corrected chi connectivity index (χ0v) is 12.3. The molecule has 1 saturated heterocycles. The van der Waals surface area contributed by atoms with Crippen molar-refractivity contribution in [2.75, 3.05) is 32.8 Å². The highest BCUT2D eigenvalue weighted by atomic mass is 16.5. The summed E-state index contributed by atoms with van der Waals surface area (Å²) in [4.78, 5) is 2.55. The lowest BCUT2D eigenvalue weighted by atomic mass is 10.1. The van der Waals surface area contributed by atoms with Gasteiger partial charge in [0.2, 0.25) is 0 Å². The van der Waals surface area contributed by atoms with E-state index in [0.29, 0.717) is 12.7 Å². The monoisotopic (exact) mass is 277 g/mol. The first-order valence-electron chi connectivity index (χ1n) is 7.87. The predicted octanol–water partition coefficient (Wildman–Crippen LogP) is 2.48. The number of piperidine rings is 1. The van der Waals surface area contributed by atoms with Crippen LogP contribution < -0.4 is 0 Å². The molecule has 1 fully saturated rings. The molecule has 0 bridgehead atoms. The molecule has 0 atom stereocenters. The largest absolute Gasteiger partial charge is 0.394 e. The molecular weight excluding hydrogens is 250 g/mol. The number of aryl methyl sites for hydroxylation is 1. The fourth-order valence-corrected chi connectivity index (χ4v) is 2.83. The van der Waals surface area contributed by atoms with Gasteiger partial charge in [0.05, 0.1) is 19.3 Å². The van der Waals surface area contributed by atoms with E-state index in [0.717, 1.165) is 25.9 Å². The van der Waals surface area contributed by atoms with E-state index in [9.17, 15) is 0 Å². The molecule has 1 aromatic rings. The highest BCUT2D eigenvalue weighted by molar-refractivity contribution is 5.14. The molecule has 1 aliphatic rings. The van der Waals surface area contributed by atoms with Gasteiger partial charge in [-0.05, 0) is 44.2 Å². The Hall–Kier alpha value is -0.900. The summed E-state index contributed by atoms with van der Waals surface area (Å²) in [5, 5.41) is 8.75. The molecule has 1 aromatic carbocycles. The Morgan fingerprint density at radius 3 is 2.55 bits per heavy atom. The van der Waals surface area contributed by atoms with Crippen molar-refractivity contribution in [1.82, 2.24) is 4.90 Å². The van der Waals surface area contributed by atoms with E-state index >= 15 is 0 Å². The molecular formula is C17H27NO2. The topological polar surface area (TPSA) is 32.7 Å². The van der Waals surface area contributed by atoms with Crippen LogP contribution in [0.3, 0.4) is 0 Å². The number of aliphatic hydroxyl groups excluding tert-OH is 1. The smallest absolute Gasteiger partial charge is 0.0701 e. The van der Waals surface area contributed by atoms with Gasteiger partial charge in [-0.15, -0.1) is 0 Å². The third-order valence-corrected chi connectivity index (χ3v) is 4.01. The Labute approximate surface area is 122 Å². The maximum absolute atomic E-state index is 8.75. The zero-order valence-electron chi connectivity index (χ0n) is 12.3. The Morgan fingerprint density at radius 1 is 1.10 bits per heavy atom. The van der Waals surface area contributed by atoms with Crippen LogP contribution in [0.15, 0.2) is 30.3 Å². The second-order valence-electron chi connectivity index (χ2n) is 5.58. The Balaban J connectivity index is 1.53. The third kappa shape index (κ3) is 5.61. The summed E-state index contributed by atoms with van der Waals surface area (Å²) < 4.78 is 5.59. The molecule has 3 heteroatoms. The van der Waals surface area contributed by atoms with Crippen molar-refractivity contribution in [2.45, 2.75) is 38.2 Å². The normalized spacial score (nSPS) is 17.4. The minimum Gasteiger partial charge on any atom is -0.394 e. The first-order chi connectivity index (χ1) is 9.88. The number of rotatable bonds is 8. The molecule has 0 saturated carbocycles. The third-order valence-electron chi connectivity index (χ3n) is 4.01. The quantitative estimate of drug-likeness (QED) is 0.741. The molecule has 112 valence electrons. The summed E-state index contributed by atoms with van der Waals surface area (Å²) in [5.74, 6) is 0. The molecule has 0 aliphatic carbocycles. The summed E-state index contributed by atoms with van der Waals surface area (Å²) in [6.45, 7) is 4.11. The fraction of sp³-hybridized carbons (Fsp3) is 0.647. The van der Waals surface area contributed by atoms with Crippen LogP contribution in [0, 0.1) is 0 Å². The van der Waals surface area contributed by atoms with Crippen molar-refractivity contribution >= 4 is 0 Å². The van der Waals surface area contributed by atoms with Gasteiger partial charge in [-0.1, -0.05) is 30.3 Å². The Bertz CT molecular complexity index is 347. The van der Waals surface area contributed by atoms with Gasteiger partial charge in [0.25, 0.3) is 0 Å². The van der Waals surface area contributed by atoms with Crippen LogP contribution in [0.5, 0.6) is 0 Å². The van der Waals surface area contributed by atoms with Gasteiger partial charge < -0.3 is 14.7 Å². The van der Waals surface area contributed by atoms with Crippen LogP contribution in [0.4, 0.5) is 0 Å². The van der Waals surface area contributed by atoms with Crippen molar-refractivity contribution in [2.24, 2.45) is 0 Å². The number of hydrogen-bond donors (Lipinski definition) is 1. The number of hydrogen-bond acceptors (Lipinski definition) is 3. The lowest BCUT2D eigenvalue weighted by Gasteiger charge is -2.31. The second-order valence-corrected chi connectivity index (χ2v) is 5.58. The van der Waals surface area contributed by atoms with Crippen molar-refractivity contribution in [3.63, 3.8) is 0 Å². The van der Waals surface area contributed by atoms with Crippen LogP contribution in [0.25, 0.3) is 0 Å². The summed E-state index contributed by atoms with van der Waals surface area (Å²) in [5.41, 5.74) is 1.45. The fourth-order valence-electron chi connectivity index (χ4n) is 2.83. The van der Waals surface area contributed by atoms with Gasteiger partial charge in [0, 0.05) is 13.1 Å². The van der Waals surface area contributed by atoms with Gasteiger partial charge in [-0.3, -0.25) is 0 Å². The minimum absolute atomic E-state index is 0.139. The molecule has 1 aliphatic heterocycles. The molecule has 1 heterocycles. The lowest BCUT2D eigenvalue weighted by molar-refractivity contribution is -0.00785. The van der Waals surface area contributed by atoms with Gasteiger partial charge >= 0.3 is 0 Å². The molecule has 1 N–H and O–H groups in total. The maximum atomic E-state index is 8.75. The average Bonchev–Trinajstić information content (AvgIpc) is 2.52. The van der Waals surface area contributed by atoms with E-state index in [-0.39, 0.29) is 6.61 Å². The van der Waals surface area contributed by atoms with Crippen LogP contribution in [-0.2, 0) is 11.2 Å². The zero-order chi connectivity index (χ0) is 14.0. The first-order valence-corrected chi connectivity index (χ1v) is 7.87. The second kappa shape index (κ2) is 9.11. The number of ether oxygens (including phenoxy) is 1. The van der Waals surface area contributed by atoms with Crippen LogP contribution in [-0.4, -0.2) is 49.0 Å². The maximum Gasteiger partial charge on any atom is 0.0701 e. The van der Waals surface area contributed by atoms with Crippen molar-refractivity contribution in [1.29, 1.82) is 0 Å². The van der Waals surface area contributed by atoms with E-state index in [1.54, 1.807) is 0 Å². The molecule has 20 heavy (non-hydrogen) atoms. The molecule has 2 rings (SSSR count). The van der Waals surface area contributed by atoms with Crippen LogP contribution in [0.2, 0.25) is 0 Å². The SMILES string of the molecule is OCCOC1CCN(CCCCc2ccccc2)CC1. The standard InChI is InChI=1S/C17H27NO2/c19-14-15-20-17-9-12-18(13-10-17)11-5-4-8-16-6-2-1-3-7-16/h1-3,6-7,17,19H,4-5,8-15H2. The van der Waals surface area contributed by atoms with E-state index in [2.05, 4.69) is 35.2 Å². The number of unbranched alkanes of at least 4 members (excludes halogenated alkanes) is 1. The summed E-state index contributed by atoms with van der Waals surface area (Å²) in [7, 11) is 0. The average molecular weight is 277 g/mol. The van der Waals surface area contributed by atoms with Crippen LogP contribution in [0.1, 0.15) is 31.2 Å². The highest BCUT2D eigenvalue weighted by Crippen LogP contribution is 2.14. The number of benzene rings is 1. The van der Waals surface area contributed by atoms with Gasteiger partial charge in [0.15, 0.2) is 0 Å². The minimum atomic E-state index is 0.139. The van der Waals surface area contributed by atoms with Crippen molar-refractivity contribution in [3.8, 4) is 0 Å². The summed E-state index contributed by atoms with van der Waals surface area (Å²) >= 11 is 0. The van der Waals surface area contributed by atoms with E-state index < -0.39 is 0 Å². The first kappa shape index (κ1) is 15.5. The summed E-state index contributed by atoms with van der Waals surface area (Å²) in [6.07, 6.45) is 6.32. The molecule has 0 radical (unpaired) electrons. The number of likely N-dealkylation sites (tertiary alicyclic amines) is 1. The Kier molecular flexibility index (Phi) is 7.06. The number of aliphatic hydroxyl groups is 1. The molecule has 3 nitrogen and oxygen atoms in total. The van der Waals surface area contributed by atoms with Gasteiger partial charge in [-0.2, -0.15) is 0 Å². The Morgan fingerprint density at radius 2 is 1.85 bits per heavy atom. The van der Waals surface area contributed by atoms with Crippen molar-refractivity contribution < 1.29 is 9.84 Å². The van der Waals surface area contributed by atoms with E-state index in [1.807, 2.05) is 0 Å². The van der Waals surface area contributed by atoms with Crippen LogP contribution >= 0.6 is 0 Å². The summed E-state index contributed by atoms with van der Waals surface area (Å²) in [6, 6.07) is 10.7. The highest BCUT2D eigenvalue weighted by Gasteiger charge is 2.18. The van der Waals surface area contributed by atoms with E-state index in [1.165, 1.54) is 31.4 Å². The predicted molar refractivity (Wildman–Crippen MR) is 81.9 cm³/mol. The van der Waals surface area contributed by atoms with Gasteiger partial charge in [0.1, 0.15) is 0 Å². The van der Waals surface area contributed by atoms with Gasteiger partial charge in [-0.25, -0.2) is 0 Å². The molecule has 0 aromatic heterocycles. The van der Waals surface area contributed by atoms with Crippen molar-refractivity contribution in [3.05, 3.63) is 35.9 Å². The number of nitrogens with zero attached hydrogens (tertiary/aromatic N) is 1. The molecule has 0 unspecified atom stereocenters. The molecule has 0 spiro atoms. The van der Waals surface area contributed by atoms with E-state index in [4.69, 9.17) is 9.84 Å². The lowest BCUT2D eigenvalue weighted by Crippen LogP contribution is -2.37. The molecule has 0 amide bonds.